The lowest BCUT2D eigenvalue weighted by Crippen LogP contribution is -2.48. The molecule has 5 heteroatoms. The lowest BCUT2D eigenvalue weighted by molar-refractivity contribution is -0.135. The highest BCUT2D eigenvalue weighted by Crippen LogP contribution is 2.25. The smallest absolute Gasteiger partial charge is 0.250 e. The van der Waals surface area contributed by atoms with E-state index in [0.717, 1.165) is 12.0 Å². The Morgan fingerprint density at radius 2 is 2.00 bits per heavy atom. The van der Waals surface area contributed by atoms with E-state index >= 15 is 0 Å². The molecule has 1 N–H and O–H groups in total. The summed E-state index contributed by atoms with van der Waals surface area (Å²) in [6.45, 7) is 8.77. The van der Waals surface area contributed by atoms with Crippen LogP contribution in [0.25, 0.3) is 0 Å². The molecule has 0 spiro atoms. The Labute approximate surface area is 161 Å². The summed E-state index contributed by atoms with van der Waals surface area (Å²) in [5, 5.41) is 3.09. The largest absolute Gasteiger partial charge is 0.354 e. The molecule has 1 aliphatic heterocycles. The quantitative estimate of drug-likeness (QED) is 0.739. The number of benzene rings is 1. The molecule has 1 saturated heterocycles. The third kappa shape index (κ3) is 5.13. The van der Waals surface area contributed by atoms with Gasteiger partial charge in [-0.25, -0.2) is 0 Å². The number of thioether (sulfide) groups is 1. The first kappa shape index (κ1) is 20.6. The minimum absolute atomic E-state index is 0.0273. The minimum atomic E-state index is -0.378. The van der Waals surface area contributed by atoms with Gasteiger partial charge in [-0.3, -0.25) is 9.59 Å². The fourth-order valence-electron chi connectivity index (χ4n) is 3.25. The fourth-order valence-corrected chi connectivity index (χ4v) is 4.40. The molecule has 2 rings (SSSR count). The van der Waals surface area contributed by atoms with Gasteiger partial charge in [0.05, 0.1) is 5.88 Å². The first-order valence-corrected chi connectivity index (χ1v) is 10.5. The predicted molar refractivity (Wildman–Crippen MR) is 109 cm³/mol. The summed E-state index contributed by atoms with van der Waals surface area (Å²) in [6.07, 6.45) is 2.74. The maximum Gasteiger partial charge on any atom is 0.250 e. The van der Waals surface area contributed by atoms with Gasteiger partial charge in [0.2, 0.25) is 5.91 Å². The van der Waals surface area contributed by atoms with Crippen LogP contribution in [0.4, 0.5) is 0 Å². The molecule has 0 radical (unpaired) electrons. The average Bonchev–Trinajstić information content (AvgIpc) is 3.11. The number of amides is 2. The zero-order valence-corrected chi connectivity index (χ0v) is 17.0. The van der Waals surface area contributed by atoms with E-state index in [1.165, 1.54) is 5.56 Å². The Kier molecular flexibility index (Phi) is 7.76. The highest BCUT2D eigenvalue weighted by atomic mass is 32.2. The second-order valence-corrected chi connectivity index (χ2v) is 8.09. The third-order valence-electron chi connectivity index (χ3n) is 4.82. The maximum absolute atomic E-state index is 12.8. The summed E-state index contributed by atoms with van der Waals surface area (Å²) >= 11 is 1.64. The molecule has 26 heavy (non-hydrogen) atoms. The summed E-state index contributed by atoms with van der Waals surface area (Å²) in [4.78, 5) is 27.0. The van der Waals surface area contributed by atoms with Crippen LogP contribution in [0.15, 0.2) is 42.0 Å². The van der Waals surface area contributed by atoms with E-state index in [2.05, 4.69) is 31.3 Å². The molecular formula is C21H30N2O2S. The topological polar surface area (TPSA) is 49.4 Å². The van der Waals surface area contributed by atoms with Gasteiger partial charge in [0.25, 0.3) is 5.91 Å². The van der Waals surface area contributed by atoms with E-state index < -0.39 is 0 Å². The molecule has 0 aromatic heterocycles. The van der Waals surface area contributed by atoms with Crippen molar-refractivity contribution in [3.8, 4) is 0 Å². The van der Waals surface area contributed by atoms with Crippen LogP contribution in [-0.2, 0) is 9.59 Å². The molecule has 0 bridgehead atoms. The summed E-state index contributed by atoms with van der Waals surface area (Å²) in [5.74, 6) is 1.85. The van der Waals surface area contributed by atoms with E-state index in [1.807, 2.05) is 38.1 Å². The van der Waals surface area contributed by atoms with Gasteiger partial charge in [-0.05, 0) is 24.8 Å². The number of rotatable bonds is 7. The van der Waals surface area contributed by atoms with Crippen LogP contribution in [0.3, 0.4) is 0 Å². The minimum Gasteiger partial charge on any atom is -0.354 e. The molecule has 1 aliphatic rings. The van der Waals surface area contributed by atoms with Crippen molar-refractivity contribution < 1.29 is 9.59 Å². The zero-order valence-electron chi connectivity index (χ0n) is 16.2. The van der Waals surface area contributed by atoms with E-state index in [1.54, 1.807) is 16.7 Å². The predicted octanol–water partition coefficient (Wildman–Crippen LogP) is 3.80. The molecule has 142 valence electrons. The van der Waals surface area contributed by atoms with Crippen LogP contribution in [0.2, 0.25) is 0 Å². The number of hydrogen-bond acceptors (Lipinski definition) is 3. The van der Waals surface area contributed by atoms with Crippen LogP contribution in [0.5, 0.6) is 0 Å². The van der Waals surface area contributed by atoms with Crippen molar-refractivity contribution in [2.45, 2.75) is 46.1 Å². The van der Waals surface area contributed by atoms with Crippen molar-refractivity contribution in [2.24, 2.45) is 5.92 Å². The monoisotopic (exact) mass is 374 g/mol. The van der Waals surface area contributed by atoms with Gasteiger partial charge in [0.15, 0.2) is 0 Å². The maximum atomic E-state index is 12.8. The van der Waals surface area contributed by atoms with Crippen LogP contribution in [0, 0.1) is 5.92 Å². The first-order chi connectivity index (χ1) is 12.5. The molecule has 0 aliphatic carbocycles. The van der Waals surface area contributed by atoms with Crippen molar-refractivity contribution in [3.63, 3.8) is 0 Å². The second-order valence-electron chi connectivity index (χ2n) is 7.09. The Morgan fingerprint density at radius 3 is 2.62 bits per heavy atom. The first-order valence-electron chi connectivity index (χ1n) is 9.33. The van der Waals surface area contributed by atoms with Gasteiger partial charge in [0.1, 0.15) is 6.04 Å². The lowest BCUT2D eigenvalue weighted by Gasteiger charge is -2.26. The number of allylic oxidation sites excluding steroid dienone is 1. The molecule has 2 amide bonds. The normalized spacial score (nSPS) is 18.9. The van der Waals surface area contributed by atoms with Gasteiger partial charge in [-0.1, -0.05) is 57.2 Å². The fraction of sp³-hybridized carbons (Fsp3) is 0.524. The van der Waals surface area contributed by atoms with E-state index in [9.17, 15) is 9.59 Å². The summed E-state index contributed by atoms with van der Waals surface area (Å²) in [6, 6.07) is 9.90. The molecule has 0 saturated carbocycles. The van der Waals surface area contributed by atoms with E-state index in [-0.39, 0.29) is 23.8 Å². The van der Waals surface area contributed by atoms with Gasteiger partial charge in [0, 0.05) is 23.8 Å². The molecule has 1 heterocycles. The van der Waals surface area contributed by atoms with Crippen molar-refractivity contribution in [1.29, 1.82) is 0 Å². The lowest BCUT2D eigenvalue weighted by atomic mass is 9.88. The standard InChI is InChI=1S/C21H30N2O2S/c1-5-9-16(4)21(25)23-14-26-13-19(23)20(24)22-12-18(15(2)3)17-10-7-6-8-11-17/h6-11,15,18-19H,5,12-14H2,1-4H3,(H,22,24). The highest BCUT2D eigenvalue weighted by Gasteiger charge is 2.35. The molecule has 1 fully saturated rings. The number of hydrogen-bond donors (Lipinski definition) is 1. The molecule has 2 atom stereocenters. The number of carbonyl (C=O) groups is 2. The Balaban J connectivity index is 2.01. The van der Waals surface area contributed by atoms with Crippen LogP contribution in [-0.4, -0.2) is 40.9 Å². The molecule has 1 aromatic rings. The van der Waals surface area contributed by atoms with Gasteiger partial charge in [-0.15, -0.1) is 11.8 Å². The Hall–Kier alpha value is -1.75. The Morgan fingerprint density at radius 1 is 1.31 bits per heavy atom. The number of nitrogens with one attached hydrogen (secondary N) is 1. The van der Waals surface area contributed by atoms with Crippen molar-refractivity contribution >= 4 is 23.6 Å². The third-order valence-corrected chi connectivity index (χ3v) is 5.83. The summed E-state index contributed by atoms with van der Waals surface area (Å²) in [5.41, 5.74) is 1.95. The van der Waals surface area contributed by atoms with E-state index in [0.29, 0.717) is 24.1 Å². The van der Waals surface area contributed by atoms with Crippen molar-refractivity contribution in [2.75, 3.05) is 18.2 Å². The SMILES string of the molecule is CCC=C(C)C(=O)N1CSCC1C(=O)NCC(c1ccccc1)C(C)C. The molecule has 4 nitrogen and oxygen atoms in total. The van der Waals surface area contributed by atoms with Gasteiger partial charge >= 0.3 is 0 Å². The summed E-state index contributed by atoms with van der Waals surface area (Å²) < 4.78 is 0. The molecule has 2 unspecified atom stereocenters. The molecule has 1 aromatic carbocycles. The average molecular weight is 375 g/mol. The highest BCUT2D eigenvalue weighted by molar-refractivity contribution is 7.99. The molecular weight excluding hydrogens is 344 g/mol. The van der Waals surface area contributed by atoms with Gasteiger partial charge < -0.3 is 10.2 Å². The van der Waals surface area contributed by atoms with Crippen molar-refractivity contribution in [1.82, 2.24) is 10.2 Å². The van der Waals surface area contributed by atoms with Crippen LogP contribution >= 0.6 is 11.8 Å². The summed E-state index contributed by atoms with van der Waals surface area (Å²) in [7, 11) is 0. The van der Waals surface area contributed by atoms with E-state index in [4.69, 9.17) is 0 Å². The zero-order chi connectivity index (χ0) is 19.1. The number of nitrogens with zero attached hydrogens (tertiary/aromatic N) is 1. The second kappa shape index (κ2) is 9.81. The van der Waals surface area contributed by atoms with Crippen molar-refractivity contribution in [3.05, 3.63) is 47.5 Å². The van der Waals surface area contributed by atoms with Gasteiger partial charge in [-0.2, -0.15) is 0 Å². The number of carbonyl (C=O) groups excluding carboxylic acids is 2. The Bertz CT molecular complexity index is 643. The van der Waals surface area contributed by atoms with Crippen LogP contribution in [0.1, 0.15) is 45.6 Å². The van der Waals surface area contributed by atoms with Crippen LogP contribution < -0.4 is 5.32 Å².